The zero-order valence-corrected chi connectivity index (χ0v) is 12.6. The first-order valence-electron chi connectivity index (χ1n) is 8.29. The fourth-order valence-corrected chi connectivity index (χ4v) is 5.20. The SMILES string of the molecule is OC1=c2c(O)cc3cccc4ccc(c2c43)C23CCCCC12O3. The van der Waals surface area contributed by atoms with Crippen LogP contribution >= 0.6 is 0 Å². The van der Waals surface area contributed by atoms with Gasteiger partial charge in [-0.15, -0.1) is 0 Å². The second-order valence-electron chi connectivity index (χ2n) is 7.15. The number of phenolic OH excluding ortho intramolecular Hbond substituents is 1. The van der Waals surface area contributed by atoms with Gasteiger partial charge in [0.2, 0.25) is 0 Å². The molecule has 0 aromatic heterocycles. The van der Waals surface area contributed by atoms with Crippen molar-refractivity contribution in [1.82, 2.24) is 0 Å². The van der Waals surface area contributed by atoms with Gasteiger partial charge in [0.05, 0.1) is 5.22 Å². The molecule has 3 aromatic carbocycles. The van der Waals surface area contributed by atoms with Gasteiger partial charge >= 0.3 is 0 Å². The molecule has 6 rings (SSSR count). The van der Waals surface area contributed by atoms with Crippen molar-refractivity contribution in [3.63, 3.8) is 0 Å². The lowest BCUT2D eigenvalue weighted by molar-refractivity contribution is 0.269. The molecule has 2 fully saturated rings. The third kappa shape index (κ3) is 1.11. The van der Waals surface area contributed by atoms with Crippen molar-refractivity contribution in [2.75, 3.05) is 0 Å². The number of hydrogen-bond donors (Lipinski definition) is 2. The lowest BCUT2D eigenvalue weighted by Gasteiger charge is -2.30. The minimum Gasteiger partial charge on any atom is -0.508 e. The van der Waals surface area contributed by atoms with Crippen LogP contribution in [-0.4, -0.2) is 15.8 Å². The summed E-state index contributed by atoms with van der Waals surface area (Å²) in [5.41, 5.74) is 0.159. The average Bonchev–Trinajstić information content (AvgIpc) is 3.27. The average molecular weight is 304 g/mol. The Hall–Kier alpha value is -2.26. The maximum Gasteiger partial charge on any atom is 0.160 e. The molecule has 3 nitrogen and oxygen atoms in total. The van der Waals surface area contributed by atoms with Gasteiger partial charge in [-0.2, -0.15) is 0 Å². The normalized spacial score (nSPS) is 31.2. The van der Waals surface area contributed by atoms with Crippen LogP contribution in [0.5, 0.6) is 5.75 Å². The molecule has 3 aromatic rings. The molecule has 3 heteroatoms. The van der Waals surface area contributed by atoms with E-state index in [2.05, 4.69) is 18.2 Å². The van der Waals surface area contributed by atoms with Crippen molar-refractivity contribution in [1.29, 1.82) is 0 Å². The van der Waals surface area contributed by atoms with Gasteiger partial charge in [-0.25, -0.2) is 0 Å². The van der Waals surface area contributed by atoms with Crippen LogP contribution in [0.25, 0.3) is 27.3 Å². The maximum absolute atomic E-state index is 11.0. The van der Waals surface area contributed by atoms with E-state index in [1.165, 1.54) is 0 Å². The Bertz CT molecular complexity index is 1080. The highest BCUT2D eigenvalue weighted by Crippen LogP contribution is 2.69. The highest BCUT2D eigenvalue weighted by atomic mass is 16.6. The lowest BCUT2D eigenvalue weighted by atomic mass is 9.69. The van der Waals surface area contributed by atoms with Gasteiger partial charge in [0.15, 0.2) is 5.60 Å². The summed E-state index contributed by atoms with van der Waals surface area (Å²) in [5, 5.41) is 26.4. The van der Waals surface area contributed by atoms with E-state index < -0.39 is 5.60 Å². The second kappa shape index (κ2) is 3.46. The van der Waals surface area contributed by atoms with E-state index in [1.807, 2.05) is 12.1 Å². The molecule has 0 radical (unpaired) electrons. The van der Waals surface area contributed by atoms with Crippen LogP contribution in [0.4, 0.5) is 0 Å². The number of aromatic hydroxyl groups is 1. The molecule has 23 heavy (non-hydrogen) atoms. The van der Waals surface area contributed by atoms with Crippen LogP contribution in [0, 0.1) is 0 Å². The lowest BCUT2D eigenvalue weighted by Crippen LogP contribution is -2.37. The minimum absolute atomic E-state index is 0.152. The topological polar surface area (TPSA) is 53.0 Å². The molecule has 114 valence electrons. The number of ether oxygens (including phenoxy) is 1. The first kappa shape index (κ1) is 12.2. The van der Waals surface area contributed by atoms with Crippen LogP contribution < -0.4 is 5.22 Å². The Morgan fingerprint density at radius 3 is 2.52 bits per heavy atom. The summed E-state index contributed by atoms with van der Waals surface area (Å²) in [7, 11) is 0. The number of phenols is 1. The predicted octanol–water partition coefficient (Wildman–Crippen LogP) is 3.64. The molecule has 1 saturated carbocycles. The molecule has 2 unspecified atom stereocenters. The second-order valence-corrected chi connectivity index (χ2v) is 7.15. The van der Waals surface area contributed by atoms with Crippen LogP contribution in [0.15, 0.2) is 36.4 Å². The molecule has 2 atom stereocenters. The predicted molar refractivity (Wildman–Crippen MR) is 88.3 cm³/mol. The molecule has 1 aliphatic heterocycles. The molecule has 2 aliphatic carbocycles. The van der Waals surface area contributed by atoms with Crippen LogP contribution in [0.1, 0.15) is 31.2 Å². The van der Waals surface area contributed by atoms with E-state index in [-0.39, 0.29) is 17.1 Å². The molecular formula is C20H16O3. The number of aliphatic hydroxyl groups is 1. The monoisotopic (exact) mass is 304 g/mol. The smallest absolute Gasteiger partial charge is 0.160 e. The fourth-order valence-electron chi connectivity index (χ4n) is 5.20. The zero-order valence-electron chi connectivity index (χ0n) is 12.6. The van der Waals surface area contributed by atoms with Gasteiger partial charge in [-0.1, -0.05) is 30.3 Å². The molecule has 0 amide bonds. The molecule has 1 heterocycles. The summed E-state index contributed by atoms with van der Waals surface area (Å²) in [6.07, 6.45) is 3.94. The van der Waals surface area contributed by atoms with Crippen molar-refractivity contribution >= 4 is 27.3 Å². The Balaban J connectivity index is 1.94. The van der Waals surface area contributed by atoms with Gasteiger partial charge in [-0.05, 0) is 53.5 Å². The molecule has 2 N–H and O–H groups in total. The third-order valence-corrected chi connectivity index (χ3v) is 6.20. The van der Waals surface area contributed by atoms with E-state index in [9.17, 15) is 10.2 Å². The third-order valence-electron chi connectivity index (χ3n) is 6.20. The molecule has 0 spiro atoms. The van der Waals surface area contributed by atoms with Gasteiger partial charge in [0.1, 0.15) is 17.1 Å². The summed E-state index contributed by atoms with van der Waals surface area (Å²) >= 11 is 0. The molecular weight excluding hydrogens is 288 g/mol. The van der Waals surface area contributed by atoms with E-state index in [4.69, 9.17) is 4.74 Å². The van der Waals surface area contributed by atoms with Crippen LogP contribution in [-0.2, 0) is 10.3 Å². The first-order valence-corrected chi connectivity index (χ1v) is 8.29. The highest BCUT2D eigenvalue weighted by molar-refractivity contribution is 6.13. The van der Waals surface area contributed by atoms with Crippen LogP contribution in [0.2, 0.25) is 0 Å². The van der Waals surface area contributed by atoms with Crippen LogP contribution in [0.3, 0.4) is 0 Å². The number of benzene rings is 3. The quantitative estimate of drug-likeness (QED) is 0.624. The summed E-state index contributed by atoms with van der Waals surface area (Å²) in [4.78, 5) is 0. The van der Waals surface area contributed by atoms with E-state index in [0.29, 0.717) is 5.22 Å². The first-order chi connectivity index (χ1) is 11.2. The van der Waals surface area contributed by atoms with Gasteiger partial charge in [0.25, 0.3) is 0 Å². The molecule has 1 saturated heterocycles. The van der Waals surface area contributed by atoms with Gasteiger partial charge < -0.3 is 14.9 Å². The number of epoxide rings is 1. The van der Waals surface area contributed by atoms with Crippen molar-refractivity contribution in [3.8, 4) is 5.75 Å². The summed E-state index contributed by atoms with van der Waals surface area (Å²) < 4.78 is 6.26. The minimum atomic E-state index is -0.602. The summed E-state index contributed by atoms with van der Waals surface area (Å²) in [6, 6.07) is 12.1. The van der Waals surface area contributed by atoms with Crippen molar-refractivity contribution < 1.29 is 14.9 Å². The van der Waals surface area contributed by atoms with Crippen molar-refractivity contribution in [2.45, 2.75) is 36.9 Å². The zero-order chi connectivity index (χ0) is 15.4. The van der Waals surface area contributed by atoms with Crippen molar-refractivity contribution in [3.05, 3.63) is 47.2 Å². The van der Waals surface area contributed by atoms with E-state index in [0.717, 1.165) is 52.8 Å². The summed E-state index contributed by atoms with van der Waals surface area (Å²) in [5.74, 6) is 0.388. The van der Waals surface area contributed by atoms with Crippen molar-refractivity contribution in [2.24, 2.45) is 0 Å². The number of hydrogen-bond acceptors (Lipinski definition) is 3. The highest BCUT2D eigenvalue weighted by Gasteiger charge is 2.75. The standard InChI is InChI=1S/C20H16O3/c21-14-10-12-5-3-4-11-6-7-13-16(15(11)12)17(14)18(22)20-9-2-1-8-19(13,20)23-20/h3-7,10,21-22H,1-2,8-9H2. The van der Waals surface area contributed by atoms with Gasteiger partial charge in [0, 0.05) is 5.39 Å². The molecule has 0 bridgehead atoms. The number of rotatable bonds is 0. The Labute approximate surface area is 132 Å². The Morgan fingerprint density at radius 2 is 1.65 bits per heavy atom. The fraction of sp³-hybridized carbons (Fsp3) is 0.300. The van der Waals surface area contributed by atoms with E-state index >= 15 is 0 Å². The van der Waals surface area contributed by atoms with Gasteiger partial charge in [-0.3, -0.25) is 0 Å². The largest absolute Gasteiger partial charge is 0.508 e. The maximum atomic E-state index is 11.0. The molecule has 3 aliphatic rings. The Kier molecular flexibility index (Phi) is 1.84. The Morgan fingerprint density at radius 1 is 0.870 bits per heavy atom. The summed E-state index contributed by atoms with van der Waals surface area (Å²) in [6.45, 7) is 0. The number of aliphatic hydroxyl groups excluding tert-OH is 1. The van der Waals surface area contributed by atoms with E-state index in [1.54, 1.807) is 6.07 Å².